The van der Waals surface area contributed by atoms with Crippen LogP contribution in [0.4, 0.5) is 0 Å². The summed E-state index contributed by atoms with van der Waals surface area (Å²) in [5, 5.41) is 27.9. The fourth-order valence-electron chi connectivity index (χ4n) is 4.54. The number of aliphatic hydroxyl groups excluding tert-OH is 1. The summed E-state index contributed by atoms with van der Waals surface area (Å²) in [6, 6.07) is 0. The first-order chi connectivity index (χ1) is 15.7. The van der Waals surface area contributed by atoms with Gasteiger partial charge in [-0.05, 0) is 6.42 Å². The van der Waals surface area contributed by atoms with Crippen LogP contribution >= 0.6 is 0 Å². The molecule has 0 atom stereocenters. The van der Waals surface area contributed by atoms with E-state index in [1.54, 1.807) is 0 Å². The zero-order valence-corrected chi connectivity index (χ0v) is 21.8. The molecule has 0 aliphatic heterocycles. The van der Waals surface area contributed by atoms with Crippen LogP contribution in [0.5, 0.6) is 0 Å². The van der Waals surface area contributed by atoms with Gasteiger partial charge in [0.05, 0.1) is 6.54 Å². The van der Waals surface area contributed by atoms with Gasteiger partial charge >= 0.3 is 0 Å². The highest BCUT2D eigenvalue weighted by Gasteiger charge is 2.05. The average Bonchev–Trinajstić information content (AvgIpc) is 2.76. The first-order valence-electron chi connectivity index (χ1n) is 14.5. The second kappa shape index (κ2) is 27.1. The van der Waals surface area contributed by atoms with Gasteiger partial charge in [-0.2, -0.15) is 5.06 Å². The minimum absolute atomic E-state index is 0.0840. The van der Waals surface area contributed by atoms with Crippen LogP contribution in [-0.2, 0) is 0 Å². The van der Waals surface area contributed by atoms with Crippen molar-refractivity contribution in [3.05, 3.63) is 0 Å². The summed E-state index contributed by atoms with van der Waals surface area (Å²) in [4.78, 5) is 0. The Morgan fingerprint density at radius 2 is 0.688 bits per heavy atom. The molecule has 0 amide bonds. The Bertz CT molecular complexity index is 339. The highest BCUT2D eigenvalue weighted by atomic mass is 16.5. The summed E-state index contributed by atoms with van der Waals surface area (Å²) in [6.45, 7) is 2.73. The van der Waals surface area contributed by atoms with E-state index in [0.717, 1.165) is 17.9 Å². The molecule has 0 bridgehead atoms. The van der Waals surface area contributed by atoms with Crippen molar-refractivity contribution < 1.29 is 15.4 Å². The number of hydrogen-bond acceptors (Lipinski definition) is 4. The van der Waals surface area contributed by atoms with Gasteiger partial charge in [0.25, 0.3) is 0 Å². The third-order valence-corrected chi connectivity index (χ3v) is 6.64. The maximum atomic E-state index is 9.41. The van der Waals surface area contributed by atoms with Gasteiger partial charge in [0, 0.05) is 6.54 Å². The van der Waals surface area contributed by atoms with E-state index in [-0.39, 0.29) is 6.54 Å². The zero-order valence-electron chi connectivity index (χ0n) is 21.8. The fourth-order valence-corrected chi connectivity index (χ4v) is 4.54. The Kier molecular flexibility index (Phi) is 27.0. The quantitative estimate of drug-likeness (QED) is 0.0658. The van der Waals surface area contributed by atoms with Crippen LogP contribution in [0.2, 0.25) is 0 Å². The van der Waals surface area contributed by atoms with Gasteiger partial charge in [0.2, 0.25) is 0 Å². The molecule has 194 valence electrons. The van der Waals surface area contributed by atoms with Crippen molar-refractivity contribution in [2.45, 2.75) is 167 Å². The molecule has 0 heterocycles. The van der Waals surface area contributed by atoms with Crippen LogP contribution in [0.1, 0.15) is 161 Å². The van der Waals surface area contributed by atoms with Crippen LogP contribution in [0.15, 0.2) is 0 Å². The maximum absolute atomic E-state index is 9.41. The molecule has 0 rings (SSSR count). The van der Waals surface area contributed by atoms with Crippen LogP contribution < -0.4 is 0 Å². The van der Waals surface area contributed by atoms with Crippen LogP contribution in [0.25, 0.3) is 0 Å². The molecule has 0 aromatic carbocycles. The summed E-state index contributed by atoms with van der Waals surface area (Å²) >= 11 is 0. The number of hydroxylamine groups is 2. The van der Waals surface area contributed by atoms with Crippen LogP contribution in [0, 0.1) is 0 Å². The number of unbranched alkanes of at least 4 members (excludes halogenated alkanes) is 23. The summed E-state index contributed by atoms with van der Waals surface area (Å²) in [6.07, 6.45) is 31.7. The predicted octanol–water partition coefficient (Wildman–Crippen LogP) is 8.37. The SMILES string of the molecule is CCCCCCCCCCCCCCCCCCCCCCCCCCN(O)CC(O)O. The molecule has 4 nitrogen and oxygen atoms in total. The number of nitrogens with zero attached hydrogens (tertiary/aromatic N) is 1. The third-order valence-electron chi connectivity index (χ3n) is 6.64. The average molecular weight is 458 g/mol. The second-order valence-electron chi connectivity index (χ2n) is 10.0. The Hall–Kier alpha value is -0.160. The van der Waals surface area contributed by atoms with Gasteiger partial charge in [-0.25, -0.2) is 0 Å². The molecular formula is C28H59NO3. The molecule has 0 spiro atoms. The standard InChI is InChI=1S/C28H59NO3/c1-2-3-4-5-6-7-8-9-10-11-12-13-14-15-16-17-18-19-20-21-22-23-24-25-26-29(32)27-28(30)31/h28,30-32H,2-27H2,1H3. The van der Waals surface area contributed by atoms with E-state index in [1.807, 2.05) is 0 Å². The summed E-state index contributed by atoms with van der Waals surface area (Å²) < 4.78 is 0. The highest BCUT2D eigenvalue weighted by molar-refractivity contribution is 4.52. The maximum Gasteiger partial charge on any atom is 0.166 e. The Balaban J connectivity index is 3.05. The van der Waals surface area contributed by atoms with E-state index in [1.165, 1.54) is 141 Å². The molecule has 0 fully saturated rings. The molecule has 0 saturated heterocycles. The molecular weight excluding hydrogens is 398 g/mol. The van der Waals surface area contributed by atoms with Crippen molar-refractivity contribution in [3.63, 3.8) is 0 Å². The molecule has 3 N–H and O–H groups in total. The lowest BCUT2D eigenvalue weighted by Gasteiger charge is -2.15. The number of aliphatic hydroxyl groups is 2. The van der Waals surface area contributed by atoms with E-state index in [9.17, 15) is 5.21 Å². The fraction of sp³-hybridized carbons (Fsp3) is 1.00. The Morgan fingerprint density at radius 1 is 0.438 bits per heavy atom. The van der Waals surface area contributed by atoms with E-state index in [4.69, 9.17) is 10.2 Å². The largest absolute Gasteiger partial charge is 0.367 e. The molecule has 0 aliphatic carbocycles. The summed E-state index contributed by atoms with van der Waals surface area (Å²) in [7, 11) is 0. The van der Waals surface area contributed by atoms with Crippen molar-refractivity contribution in [3.8, 4) is 0 Å². The van der Waals surface area contributed by atoms with Gasteiger partial charge in [0.15, 0.2) is 6.29 Å². The van der Waals surface area contributed by atoms with Gasteiger partial charge < -0.3 is 15.4 Å². The lowest BCUT2D eigenvalue weighted by atomic mass is 10.0. The van der Waals surface area contributed by atoms with Crippen molar-refractivity contribution in [2.24, 2.45) is 0 Å². The van der Waals surface area contributed by atoms with E-state index >= 15 is 0 Å². The van der Waals surface area contributed by atoms with E-state index in [2.05, 4.69) is 6.92 Å². The summed E-state index contributed by atoms with van der Waals surface area (Å²) in [5.41, 5.74) is 0. The lowest BCUT2D eigenvalue weighted by Crippen LogP contribution is -2.30. The molecule has 0 unspecified atom stereocenters. The normalized spacial score (nSPS) is 11.8. The number of hydrogen-bond donors (Lipinski definition) is 3. The van der Waals surface area contributed by atoms with Gasteiger partial charge in [-0.15, -0.1) is 0 Å². The van der Waals surface area contributed by atoms with Gasteiger partial charge in [0.1, 0.15) is 0 Å². The topological polar surface area (TPSA) is 63.9 Å². The molecule has 0 aliphatic rings. The van der Waals surface area contributed by atoms with Crippen molar-refractivity contribution in [1.29, 1.82) is 0 Å². The zero-order chi connectivity index (χ0) is 23.5. The van der Waals surface area contributed by atoms with Crippen LogP contribution in [-0.4, -0.2) is 39.9 Å². The molecule has 0 saturated carbocycles. The van der Waals surface area contributed by atoms with Crippen molar-refractivity contribution in [2.75, 3.05) is 13.1 Å². The summed E-state index contributed by atoms with van der Waals surface area (Å²) in [5.74, 6) is 0. The van der Waals surface area contributed by atoms with Crippen molar-refractivity contribution >= 4 is 0 Å². The Labute approximate surface area is 201 Å². The first kappa shape index (κ1) is 31.8. The molecule has 0 aromatic rings. The van der Waals surface area contributed by atoms with E-state index < -0.39 is 6.29 Å². The monoisotopic (exact) mass is 457 g/mol. The highest BCUT2D eigenvalue weighted by Crippen LogP contribution is 2.15. The minimum Gasteiger partial charge on any atom is -0.367 e. The van der Waals surface area contributed by atoms with Crippen molar-refractivity contribution in [1.82, 2.24) is 5.06 Å². The van der Waals surface area contributed by atoms with Gasteiger partial charge in [-0.3, -0.25) is 0 Å². The first-order valence-corrected chi connectivity index (χ1v) is 14.5. The van der Waals surface area contributed by atoms with Crippen LogP contribution in [0.3, 0.4) is 0 Å². The molecule has 4 heteroatoms. The lowest BCUT2D eigenvalue weighted by molar-refractivity contribution is -0.158. The van der Waals surface area contributed by atoms with E-state index in [0.29, 0.717) is 6.54 Å². The molecule has 0 aromatic heterocycles. The minimum atomic E-state index is -1.45. The number of rotatable bonds is 27. The Morgan fingerprint density at radius 3 is 0.938 bits per heavy atom. The molecule has 32 heavy (non-hydrogen) atoms. The predicted molar refractivity (Wildman–Crippen MR) is 138 cm³/mol. The molecule has 0 radical (unpaired) electrons. The smallest absolute Gasteiger partial charge is 0.166 e. The third kappa shape index (κ3) is 27.9. The van der Waals surface area contributed by atoms with Gasteiger partial charge in [-0.1, -0.05) is 155 Å². The second-order valence-corrected chi connectivity index (χ2v) is 10.0.